The first kappa shape index (κ1) is 10.4. The average Bonchev–Trinajstić information content (AvgIpc) is 2.19. The molecule has 1 unspecified atom stereocenters. The van der Waals surface area contributed by atoms with Gasteiger partial charge in [-0.3, -0.25) is 0 Å². The number of rotatable bonds is 1. The van der Waals surface area contributed by atoms with Gasteiger partial charge in [0.1, 0.15) is 0 Å². The molecule has 0 aromatic heterocycles. The van der Waals surface area contributed by atoms with Crippen molar-refractivity contribution in [1.29, 1.82) is 0 Å². The largest absolute Gasteiger partial charge is 0.372 e. The van der Waals surface area contributed by atoms with Gasteiger partial charge in [0.05, 0.1) is 12.2 Å². The van der Waals surface area contributed by atoms with E-state index >= 15 is 0 Å². The monoisotopic (exact) mass is 197 g/mol. The first-order chi connectivity index (χ1) is 6.72. The van der Waals surface area contributed by atoms with Gasteiger partial charge in [0.25, 0.3) is 0 Å². The molecule has 0 aromatic rings. The lowest BCUT2D eigenvalue weighted by atomic mass is 9.83. The first-order valence-electron chi connectivity index (χ1n) is 6.09. The van der Waals surface area contributed by atoms with Crippen molar-refractivity contribution in [3.05, 3.63) is 0 Å². The van der Waals surface area contributed by atoms with Crippen LogP contribution in [0.2, 0.25) is 0 Å². The molecule has 0 bridgehead atoms. The molecule has 1 saturated heterocycles. The lowest BCUT2D eigenvalue weighted by Crippen LogP contribution is -2.56. The van der Waals surface area contributed by atoms with Gasteiger partial charge >= 0.3 is 0 Å². The zero-order chi connectivity index (χ0) is 10.0. The SMILES string of the molecule is CC(C)C1COC2(CCCCC2)CN1. The van der Waals surface area contributed by atoms with Crippen LogP contribution >= 0.6 is 0 Å². The molecule has 1 N–H and O–H groups in total. The second-order valence-corrected chi connectivity index (χ2v) is 5.29. The number of hydrogen-bond acceptors (Lipinski definition) is 2. The second-order valence-electron chi connectivity index (χ2n) is 5.29. The van der Waals surface area contributed by atoms with Gasteiger partial charge < -0.3 is 10.1 Å². The second kappa shape index (κ2) is 4.19. The predicted molar refractivity (Wildman–Crippen MR) is 58.4 cm³/mol. The summed E-state index contributed by atoms with van der Waals surface area (Å²) in [5, 5.41) is 3.65. The van der Waals surface area contributed by atoms with Crippen LogP contribution in [0.3, 0.4) is 0 Å². The van der Waals surface area contributed by atoms with Crippen molar-refractivity contribution >= 4 is 0 Å². The highest BCUT2D eigenvalue weighted by atomic mass is 16.5. The Morgan fingerprint density at radius 1 is 1.21 bits per heavy atom. The van der Waals surface area contributed by atoms with E-state index in [1.165, 1.54) is 32.1 Å². The van der Waals surface area contributed by atoms with Crippen molar-refractivity contribution in [2.45, 2.75) is 57.6 Å². The summed E-state index contributed by atoms with van der Waals surface area (Å²) in [7, 11) is 0. The summed E-state index contributed by atoms with van der Waals surface area (Å²) in [6, 6.07) is 0.572. The minimum atomic E-state index is 0.212. The van der Waals surface area contributed by atoms with Gasteiger partial charge in [-0.15, -0.1) is 0 Å². The third-order valence-electron chi connectivity index (χ3n) is 3.83. The Balaban J connectivity index is 1.87. The van der Waals surface area contributed by atoms with E-state index in [-0.39, 0.29) is 5.60 Å². The maximum atomic E-state index is 6.12. The Hall–Kier alpha value is -0.0800. The van der Waals surface area contributed by atoms with Crippen LogP contribution in [0.25, 0.3) is 0 Å². The van der Waals surface area contributed by atoms with E-state index in [1.54, 1.807) is 0 Å². The molecule has 1 spiro atoms. The van der Waals surface area contributed by atoms with Crippen LogP contribution in [0, 0.1) is 5.92 Å². The number of ether oxygens (including phenoxy) is 1. The Labute approximate surface area is 87.4 Å². The topological polar surface area (TPSA) is 21.3 Å². The Morgan fingerprint density at radius 2 is 1.93 bits per heavy atom. The summed E-state index contributed by atoms with van der Waals surface area (Å²) in [5.41, 5.74) is 0.212. The van der Waals surface area contributed by atoms with E-state index in [2.05, 4.69) is 19.2 Å². The molecule has 1 heterocycles. The molecule has 1 aliphatic carbocycles. The van der Waals surface area contributed by atoms with Crippen molar-refractivity contribution in [2.24, 2.45) is 5.92 Å². The lowest BCUT2D eigenvalue weighted by Gasteiger charge is -2.44. The van der Waals surface area contributed by atoms with Gasteiger partial charge in [-0.05, 0) is 18.8 Å². The molecule has 0 aromatic carbocycles. The molecule has 1 atom stereocenters. The molecular weight excluding hydrogens is 174 g/mol. The molecule has 1 aliphatic heterocycles. The summed E-state index contributed by atoms with van der Waals surface area (Å²) in [4.78, 5) is 0. The fourth-order valence-electron chi connectivity index (χ4n) is 2.64. The Bertz CT molecular complexity index is 175. The zero-order valence-electron chi connectivity index (χ0n) is 9.51. The number of nitrogens with one attached hydrogen (secondary N) is 1. The van der Waals surface area contributed by atoms with Crippen LogP contribution in [0.4, 0.5) is 0 Å². The van der Waals surface area contributed by atoms with Crippen molar-refractivity contribution < 1.29 is 4.74 Å². The van der Waals surface area contributed by atoms with E-state index in [1.807, 2.05) is 0 Å². The number of morpholine rings is 1. The van der Waals surface area contributed by atoms with Gasteiger partial charge in [-0.2, -0.15) is 0 Å². The molecule has 2 nitrogen and oxygen atoms in total. The molecule has 14 heavy (non-hydrogen) atoms. The summed E-state index contributed by atoms with van der Waals surface area (Å²) < 4.78 is 6.12. The number of hydrogen-bond donors (Lipinski definition) is 1. The Kier molecular flexibility index (Phi) is 3.13. The van der Waals surface area contributed by atoms with Crippen LogP contribution in [0.15, 0.2) is 0 Å². The molecule has 2 rings (SSSR count). The quantitative estimate of drug-likeness (QED) is 0.696. The third-order valence-corrected chi connectivity index (χ3v) is 3.83. The fraction of sp³-hybridized carbons (Fsp3) is 1.00. The minimum absolute atomic E-state index is 0.212. The van der Waals surface area contributed by atoms with E-state index < -0.39 is 0 Å². The Morgan fingerprint density at radius 3 is 2.43 bits per heavy atom. The fourth-order valence-corrected chi connectivity index (χ4v) is 2.64. The zero-order valence-corrected chi connectivity index (χ0v) is 9.51. The maximum Gasteiger partial charge on any atom is 0.0807 e. The van der Waals surface area contributed by atoms with Gasteiger partial charge in [-0.1, -0.05) is 33.1 Å². The van der Waals surface area contributed by atoms with Crippen LogP contribution in [0.1, 0.15) is 46.0 Å². The highest BCUT2D eigenvalue weighted by molar-refractivity contribution is 4.92. The van der Waals surface area contributed by atoms with Crippen LogP contribution in [-0.2, 0) is 4.74 Å². The van der Waals surface area contributed by atoms with Crippen molar-refractivity contribution in [1.82, 2.24) is 5.32 Å². The summed E-state index contributed by atoms with van der Waals surface area (Å²) >= 11 is 0. The van der Waals surface area contributed by atoms with Gasteiger partial charge in [0.15, 0.2) is 0 Å². The normalized spacial score (nSPS) is 32.4. The van der Waals surface area contributed by atoms with E-state index in [0.29, 0.717) is 12.0 Å². The molecule has 0 amide bonds. The standard InChI is InChI=1S/C12H23NO/c1-10(2)11-8-14-12(9-13-11)6-4-3-5-7-12/h10-11,13H,3-9H2,1-2H3. The van der Waals surface area contributed by atoms with Crippen LogP contribution in [-0.4, -0.2) is 24.8 Å². The van der Waals surface area contributed by atoms with Crippen molar-refractivity contribution in [3.63, 3.8) is 0 Å². The van der Waals surface area contributed by atoms with E-state index in [9.17, 15) is 0 Å². The summed E-state index contributed by atoms with van der Waals surface area (Å²) in [6.07, 6.45) is 6.65. The minimum Gasteiger partial charge on any atom is -0.372 e. The van der Waals surface area contributed by atoms with Gasteiger partial charge in [0.2, 0.25) is 0 Å². The molecule has 2 aliphatic rings. The first-order valence-corrected chi connectivity index (χ1v) is 6.09. The molecular formula is C12H23NO. The van der Waals surface area contributed by atoms with Gasteiger partial charge in [-0.25, -0.2) is 0 Å². The van der Waals surface area contributed by atoms with E-state index in [4.69, 9.17) is 4.74 Å². The summed E-state index contributed by atoms with van der Waals surface area (Å²) in [5.74, 6) is 0.691. The molecule has 2 fully saturated rings. The molecule has 1 saturated carbocycles. The average molecular weight is 197 g/mol. The molecule has 0 radical (unpaired) electrons. The smallest absolute Gasteiger partial charge is 0.0807 e. The highest BCUT2D eigenvalue weighted by Crippen LogP contribution is 2.33. The molecule has 82 valence electrons. The van der Waals surface area contributed by atoms with Crippen molar-refractivity contribution in [3.8, 4) is 0 Å². The lowest BCUT2D eigenvalue weighted by molar-refractivity contribution is -0.108. The van der Waals surface area contributed by atoms with E-state index in [0.717, 1.165) is 13.2 Å². The maximum absolute atomic E-state index is 6.12. The predicted octanol–water partition coefficient (Wildman–Crippen LogP) is 2.33. The van der Waals surface area contributed by atoms with Crippen LogP contribution < -0.4 is 5.32 Å². The summed E-state index contributed by atoms with van der Waals surface area (Å²) in [6.45, 7) is 6.52. The third kappa shape index (κ3) is 2.12. The van der Waals surface area contributed by atoms with Crippen LogP contribution in [0.5, 0.6) is 0 Å². The van der Waals surface area contributed by atoms with Crippen molar-refractivity contribution in [2.75, 3.05) is 13.2 Å². The van der Waals surface area contributed by atoms with Gasteiger partial charge in [0, 0.05) is 12.6 Å². The molecule has 2 heteroatoms. The highest BCUT2D eigenvalue weighted by Gasteiger charge is 2.37.